The summed E-state index contributed by atoms with van der Waals surface area (Å²) < 4.78 is 0. The molecule has 1 fully saturated rings. The number of hydrogen-bond acceptors (Lipinski definition) is 2. The van der Waals surface area contributed by atoms with E-state index in [-0.39, 0.29) is 12.1 Å². The smallest absolute Gasteiger partial charge is 0.0611 e. The molecule has 21 heavy (non-hydrogen) atoms. The predicted molar refractivity (Wildman–Crippen MR) is 89.5 cm³/mol. The Labute approximate surface area is 129 Å². The lowest BCUT2D eigenvalue weighted by molar-refractivity contribution is 0.198. The molecule has 2 atom stereocenters. The summed E-state index contributed by atoms with van der Waals surface area (Å²) in [5, 5.41) is 9.37. The summed E-state index contributed by atoms with van der Waals surface area (Å²) in [6, 6.07) is 9.11. The van der Waals surface area contributed by atoms with Crippen molar-refractivity contribution in [1.82, 2.24) is 0 Å². The predicted octanol–water partition coefficient (Wildman–Crippen LogP) is 4.16. The molecule has 2 nitrogen and oxygen atoms in total. The molecule has 2 heteroatoms. The zero-order valence-corrected chi connectivity index (χ0v) is 13.5. The van der Waals surface area contributed by atoms with Crippen molar-refractivity contribution in [3.63, 3.8) is 0 Å². The van der Waals surface area contributed by atoms with Gasteiger partial charge in [0.25, 0.3) is 0 Å². The third-order valence-electron chi connectivity index (χ3n) is 4.98. The van der Waals surface area contributed by atoms with E-state index in [0.717, 1.165) is 19.3 Å². The van der Waals surface area contributed by atoms with Crippen molar-refractivity contribution in [3.8, 4) is 0 Å². The molecule has 1 aliphatic rings. The van der Waals surface area contributed by atoms with Gasteiger partial charge in [-0.3, -0.25) is 0 Å². The lowest BCUT2D eigenvalue weighted by Gasteiger charge is -2.21. The average molecular weight is 289 g/mol. The molecule has 2 rings (SSSR count). The Morgan fingerprint density at radius 1 is 1.14 bits per heavy atom. The van der Waals surface area contributed by atoms with Crippen LogP contribution in [0.15, 0.2) is 24.3 Å². The zero-order valence-electron chi connectivity index (χ0n) is 13.5. The van der Waals surface area contributed by atoms with Crippen LogP contribution < -0.4 is 5.73 Å². The molecule has 1 aromatic rings. The molecule has 0 saturated heterocycles. The molecule has 0 radical (unpaired) electrons. The summed E-state index contributed by atoms with van der Waals surface area (Å²) in [7, 11) is 0. The van der Waals surface area contributed by atoms with Crippen molar-refractivity contribution in [2.45, 2.75) is 76.2 Å². The molecule has 118 valence electrons. The Bertz CT molecular complexity index is 414. The standard InChI is InChI=1S/C19H31NO/c1-2-3-4-5-6-7-16-8-10-17(11-9-16)18-12-13-19(20,14-18)15-21/h8-11,18,21H,2-7,12-15,20H2,1H3/t18-,19-/m1/s1. The van der Waals surface area contributed by atoms with Gasteiger partial charge in [-0.15, -0.1) is 0 Å². The molecule has 1 saturated carbocycles. The highest BCUT2D eigenvalue weighted by molar-refractivity contribution is 5.27. The number of nitrogens with two attached hydrogens (primary N) is 1. The van der Waals surface area contributed by atoms with Crippen LogP contribution in [0.25, 0.3) is 0 Å². The van der Waals surface area contributed by atoms with E-state index in [0.29, 0.717) is 5.92 Å². The lowest BCUT2D eigenvalue weighted by Crippen LogP contribution is -2.40. The minimum atomic E-state index is -0.345. The number of aliphatic hydroxyl groups is 1. The molecule has 0 bridgehead atoms. The van der Waals surface area contributed by atoms with Crippen molar-refractivity contribution in [2.24, 2.45) is 5.73 Å². The first kappa shape index (κ1) is 16.5. The van der Waals surface area contributed by atoms with Gasteiger partial charge in [0.1, 0.15) is 0 Å². The molecule has 0 unspecified atom stereocenters. The van der Waals surface area contributed by atoms with Crippen LogP contribution in [0.1, 0.15) is 75.3 Å². The van der Waals surface area contributed by atoms with Gasteiger partial charge in [-0.05, 0) is 49.1 Å². The summed E-state index contributed by atoms with van der Waals surface area (Å²) >= 11 is 0. The first-order valence-corrected chi connectivity index (χ1v) is 8.65. The van der Waals surface area contributed by atoms with Crippen LogP contribution >= 0.6 is 0 Å². The third kappa shape index (κ3) is 4.82. The molecule has 1 aromatic carbocycles. The second-order valence-corrected chi connectivity index (χ2v) is 6.87. The van der Waals surface area contributed by atoms with Crippen molar-refractivity contribution in [2.75, 3.05) is 6.61 Å². The minimum Gasteiger partial charge on any atom is -0.394 e. The van der Waals surface area contributed by atoms with E-state index in [1.165, 1.54) is 49.7 Å². The van der Waals surface area contributed by atoms with E-state index in [4.69, 9.17) is 5.73 Å². The maximum atomic E-state index is 9.37. The normalized spacial score (nSPS) is 25.4. The molecule has 0 amide bonds. The Balaban J connectivity index is 1.80. The van der Waals surface area contributed by atoms with E-state index in [1.807, 2.05) is 0 Å². The highest BCUT2D eigenvalue weighted by Gasteiger charge is 2.35. The number of rotatable bonds is 8. The van der Waals surface area contributed by atoms with Gasteiger partial charge in [0.15, 0.2) is 0 Å². The van der Waals surface area contributed by atoms with Gasteiger partial charge < -0.3 is 10.8 Å². The minimum absolute atomic E-state index is 0.110. The van der Waals surface area contributed by atoms with Crippen LogP contribution in [-0.4, -0.2) is 17.3 Å². The molecular formula is C19H31NO. The van der Waals surface area contributed by atoms with Gasteiger partial charge in [0.2, 0.25) is 0 Å². The van der Waals surface area contributed by atoms with Crippen LogP contribution in [0, 0.1) is 0 Å². The molecular weight excluding hydrogens is 258 g/mol. The Morgan fingerprint density at radius 3 is 2.48 bits per heavy atom. The van der Waals surface area contributed by atoms with Gasteiger partial charge in [-0.1, -0.05) is 56.9 Å². The molecule has 0 aliphatic heterocycles. The van der Waals surface area contributed by atoms with E-state index in [9.17, 15) is 5.11 Å². The summed E-state index contributed by atoms with van der Waals surface area (Å²) in [5.74, 6) is 0.528. The molecule has 3 N–H and O–H groups in total. The number of hydrogen-bond donors (Lipinski definition) is 2. The summed E-state index contributed by atoms with van der Waals surface area (Å²) in [6.07, 6.45) is 10.9. The zero-order chi connectivity index (χ0) is 15.1. The largest absolute Gasteiger partial charge is 0.394 e. The van der Waals surface area contributed by atoms with Crippen LogP contribution in [0.3, 0.4) is 0 Å². The summed E-state index contributed by atoms with van der Waals surface area (Å²) in [5.41, 5.74) is 8.67. The monoisotopic (exact) mass is 289 g/mol. The second-order valence-electron chi connectivity index (χ2n) is 6.87. The van der Waals surface area contributed by atoms with Crippen molar-refractivity contribution >= 4 is 0 Å². The number of benzene rings is 1. The first-order valence-electron chi connectivity index (χ1n) is 8.65. The second kappa shape index (κ2) is 7.95. The molecule has 0 aromatic heterocycles. The third-order valence-corrected chi connectivity index (χ3v) is 4.98. The maximum Gasteiger partial charge on any atom is 0.0611 e. The number of aliphatic hydroxyl groups excluding tert-OH is 1. The topological polar surface area (TPSA) is 46.2 Å². The van der Waals surface area contributed by atoms with Crippen LogP contribution in [0.5, 0.6) is 0 Å². The maximum absolute atomic E-state index is 9.37. The van der Waals surface area contributed by atoms with Gasteiger partial charge in [0, 0.05) is 5.54 Å². The fourth-order valence-corrected chi connectivity index (χ4v) is 3.47. The molecule has 0 spiro atoms. The average Bonchev–Trinajstić information content (AvgIpc) is 2.91. The van der Waals surface area contributed by atoms with E-state index in [1.54, 1.807) is 0 Å². The van der Waals surface area contributed by atoms with Crippen LogP contribution in [-0.2, 0) is 6.42 Å². The van der Waals surface area contributed by atoms with Gasteiger partial charge in [-0.25, -0.2) is 0 Å². The van der Waals surface area contributed by atoms with Gasteiger partial charge in [0.05, 0.1) is 6.61 Å². The Morgan fingerprint density at radius 2 is 1.86 bits per heavy atom. The van der Waals surface area contributed by atoms with Crippen LogP contribution in [0.2, 0.25) is 0 Å². The van der Waals surface area contributed by atoms with Gasteiger partial charge in [-0.2, -0.15) is 0 Å². The van der Waals surface area contributed by atoms with E-state index < -0.39 is 0 Å². The van der Waals surface area contributed by atoms with Crippen molar-refractivity contribution < 1.29 is 5.11 Å². The first-order chi connectivity index (χ1) is 10.2. The number of aryl methyl sites for hydroxylation is 1. The fourth-order valence-electron chi connectivity index (χ4n) is 3.47. The molecule has 1 aliphatic carbocycles. The Kier molecular flexibility index (Phi) is 6.25. The molecule has 0 heterocycles. The summed E-state index contributed by atoms with van der Waals surface area (Å²) in [4.78, 5) is 0. The highest BCUT2D eigenvalue weighted by atomic mass is 16.3. The fraction of sp³-hybridized carbons (Fsp3) is 0.684. The highest BCUT2D eigenvalue weighted by Crippen LogP contribution is 2.39. The van der Waals surface area contributed by atoms with Crippen molar-refractivity contribution in [3.05, 3.63) is 35.4 Å². The van der Waals surface area contributed by atoms with Crippen molar-refractivity contribution in [1.29, 1.82) is 0 Å². The number of unbranched alkanes of at least 4 members (excludes halogenated alkanes) is 4. The van der Waals surface area contributed by atoms with Crippen LogP contribution in [0.4, 0.5) is 0 Å². The Hall–Kier alpha value is -0.860. The SMILES string of the molecule is CCCCCCCc1ccc([C@@H]2CC[C@](N)(CO)C2)cc1. The van der Waals surface area contributed by atoms with E-state index in [2.05, 4.69) is 31.2 Å². The van der Waals surface area contributed by atoms with Gasteiger partial charge >= 0.3 is 0 Å². The lowest BCUT2D eigenvalue weighted by atomic mass is 9.92. The summed E-state index contributed by atoms with van der Waals surface area (Å²) in [6.45, 7) is 2.37. The quantitative estimate of drug-likeness (QED) is 0.706. The van der Waals surface area contributed by atoms with E-state index >= 15 is 0 Å².